The zero-order valence-electron chi connectivity index (χ0n) is 9.03. The van der Waals surface area contributed by atoms with Crippen LogP contribution in [0.5, 0.6) is 11.5 Å². The molecule has 0 amide bonds. The van der Waals surface area contributed by atoms with Gasteiger partial charge in [0.05, 0.1) is 27.9 Å². The van der Waals surface area contributed by atoms with E-state index in [0.29, 0.717) is 6.61 Å². The van der Waals surface area contributed by atoms with Gasteiger partial charge in [-0.1, -0.05) is 12.2 Å². The SMILES string of the molecule is [CH2]OCC=Cc1cc(OC)ccc1OC. The fourth-order valence-corrected chi connectivity index (χ4v) is 1.21. The molecule has 0 aromatic heterocycles. The summed E-state index contributed by atoms with van der Waals surface area (Å²) >= 11 is 0. The fraction of sp³-hybridized carbons (Fsp3) is 0.250. The first-order chi connectivity index (χ1) is 7.31. The lowest BCUT2D eigenvalue weighted by Crippen LogP contribution is -1.89. The molecular formula is C12H15O3. The molecule has 0 atom stereocenters. The van der Waals surface area contributed by atoms with Gasteiger partial charge in [0.15, 0.2) is 0 Å². The summed E-state index contributed by atoms with van der Waals surface area (Å²) in [6.07, 6.45) is 3.77. The van der Waals surface area contributed by atoms with Gasteiger partial charge in [-0.15, -0.1) is 0 Å². The van der Waals surface area contributed by atoms with Crippen molar-refractivity contribution in [1.82, 2.24) is 0 Å². The Morgan fingerprint density at radius 3 is 2.67 bits per heavy atom. The van der Waals surface area contributed by atoms with E-state index >= 15 is 0 Å². The number of rotatable bonds is 5. The largest absolute Gasteiger partial charge is 0.497 e. The monoisotopic (exact) mass is 207 g/mol. The van der Waals surface area contributed by atoms with E-state index in [9.17, 15) is 0 Å². The highest BCUT2D eigenvalue weighted by atomic mass is 16.5. The Balaban J connectivity index is 2.90. The van der Waals surface area contributed by atoms with Crippen molar-refractivity contribution in [3.63, 3.8) is 0 Å². The third-order valence-electron chi connectivity index (χ3n) is 1.95. The lowest BCUT2D eigenvalue weighted by atomic mass is 10.1. The van der Waals surface area contributed by atoms with Gasteiger partial charge < -0.3 is 14.2 Å². The van der Waals surface area contributed by atoms with Crippen molar-refractivity contribution < 1.29 is 14.2 Å². The summed E-state index contributed by atoms with van der Waals surface area (Å²) in [6, 6.07) is 5.62. The van der Waals surface area contributed by atoms with E-state index in [0.717, 1.165) is 17.1 Å². The molecule has 0 saturated heterocycles. The van der Waals surface area contributed by atoms with E-state index in [-0.39, 0.29) is 0 Å². The quantitative estimate of drug-likeness (QED) is 0.742. The average Bonchev–Trinajstić information content (AvgIpc) is 2.29. The van der Waals surface area contributed by atoms with Crippen LogP contribution < -0.4 is 9.47 Å². The van der Waals surface area contributed by atoms with Crippen molar-refractivity contribution in [3.8, 4) is 11.5 Å². The van der Waals surface area contributed by atoms with E-state index in [4.69, 9.17) is 9.47 Å². The zero-order valence-corrected chi connectivity index (χ0v) is 9.03. The smallest absolute Gasteiger partial charge is 0.126 e. The van der Waals surface area contributed by atoms with Crippen LogP contribution in [0.4, 0.5) is 0 Å². The first kappa shape index (κ1) is 11.6. The summed E-state index contributed by atoms with van der Waals surface area (Å²) < 4.78 is 15.0. The first-order valence-electron chi connectivity index (χ1n) is 4.57. The molecule has 0 aliphatic rings. The standard InChI is InChI=1S/C12H15O3/c1-13-8-4-5-10-9-11(14-2)6-7-12(10)15-3/h4-7,9H,1,8H2,2-3H3. The molecule has 1 rings (SSSR count). The van der Waals surface area contributed by atoms with Crippen molar-refractivity contribution >= 4 is 6.08 Å². The molecule has 0 N–H and O–H groups in total. The third-order valence-corrected chi connectivity index (χ3v) is 1.95. The maximum atomic E-state index is 5.21. The van der Waals surface area contributed by atoms with Crippen molar-refractivity contribution in [3.05, 3.63) is 36.9 Å². The van der Waals surface area contributed by atoms with Gasteiger partial charge in [-0.05, 0) is 18.2 Å². The van der Waals surface area contributed by atoms with Crippen molar-refractivity contribution in [2.24, 2.45) is 0 Å². The number of benzene rings is 1. The van der Waals surface area contributed by atoms with Crippen molar-refractivity contribution in [2.75, 3.05) is 20.8 Å². The second kappa shape index (κ2) is 6.09. The van der Waals surface area contributed by atoms with Crippen LogP contribution in [0.15, 0.2) is 24.3 Å². The minimum Gasteiger partial charge on any atom is -0.497 e. The molecule has 1 aromatic rings. The normalized spacial score (nSPS) is 10.6. The first-order valence-corrected chi connectivity index (χ1v) is 4.57. The lowest BCUT2D eigenvalue weighted by Gasteiger charge is -2.06. The predicted molar refractivity (Wildman–Crippen MR) is 59.9 cm³/mol. The number of hydrogen-bond acceptors (Lipinski definition) is 3. The van der Waals surface area contributed by atoms with Crippen LogP contribution >= 0.6 is 0 Å². The molecule has 3 heteroatoms. The molecule has 0 saturated carbocycles. The summed E-state index contributed by atoms with van der Waals surface area (Å²) in [5, 5.41) is 0. The maximum absolute atomic E-state index is 5.21. The van der Waals surface area contributed by atoms with E-state index in [2.05, 4.69) is 11.8 Å². The Labute approximate surface area is 90.3 Å². The molecule has 0 unspecified atom stereocenters. The molecule has 0 bridgehead atoms. The molecule has 0 heterocycles. The Bertz CT molecular complexity index is 332. The minimum atomic E-state index is 0.473. The van der Waals surface area contributed by atoms with E-state index in [1.165, 1.54) is 0 Å². The summed E-state index contributed by atoms with van der Waals surface area (Å²) in [5.41, 5.74) is 0.953. The highest BCUT2D eigenvalue weighted by molar-refractivity contribution is 5.59. The molecule has 3 nitrogen and oxygen atoms in total. The van der Waals surface area contributed by atoms with Crippen LogP contribution in [-0.4, -0.2) is 20.8 Å². The van der Waals surface area contributed by atoms with Gasteiger partial charge in [0, 0.05) is 5.56 Å². The van der Waals surface area contributed by atoms with Gasteiger partial charge in [-0.2, -0.15) is 0 Å². The van der Waals surface area contributed by atoms with E-state index in [1.807, 2.05) is 30.4 Å². The number of ether oxygens (including phenoxy) is 3. The van der Waals surface area contributed by atoms with Gasteiger partial charge in [0.25, 0.3) is 0 Å². The second-order valence-electron chi connectivity index (χ2n) is 2.88. The summed E-state index contributed by atoms with van der Waals surface area (Å²) in [7, 11) is 6.56. The molecule has 15 heavy (non-hydrogen) atoms. The lowest BCUT2D eigenvalue weighted by molar-refractivity contribution is 0.282. The van der Waals surface area contributed by atoms with Gasteiger partial charge in [0.2, 0.25) is 0 Å². The van der Waals surface area contributed by atoms with Gasteiger partial charge >= 0.3 is 0 Å². The molecule has 81 valence electrons. The minimum absolute atomic E-state index is 0.473. The van der Waals surface area contributed by atoms with Crippen LogP contribution in [0.3, 0.4) is 0 Å². The second-order valence-corrected chi connectivity index (χ2v) is 2.88. The van der Waals surface area contributed by atoms with Crippen LogP contribution in [0.2, 0.25) is 0 Å². The van der Waals surface area contributed by atoms with Crippen molar-refractivity contribution in [1.29, 1.82) is 0 Å². The van der Waals surface area contributed by atoms with E-state index < -0.39 is 0 Å². The molecule has 1 radical (unpaired) electrons. The summed E-state index contributed by atoms with van der Waals surface area (Å²) in [5.74, 6) is 1.60. The van der Waals surface area contributed by atoms with Gasteiger partial charge in [0.1, 0.15) is 11.5 Å². The zero-order chi connectivity index (χ0) is 11.1. The fourth-order valence-electron chi connectivity index (χ4n) is 1.21. The Kier molecular flexibility index (Phi) is 4.71. The van der Waals surface area contributed by atoms with Crippen LogP contribution in [-0.2, 0) is 4.74 Å². The maximum Gasteiger partial charge on any atom is 0.126 e. The van der Waals surface area contributed by atoms with Crippen molar-refractivity contribution in [2.45, 2.75) is 0 Å². The Morgan fingerprint density at radius 1 is 1.27 bits per heavy atom. The molecule has 0 aliphatic heterocycles. The predicted octanol–water partition coefficient (Wildman–Crippen LogP) is 2.53. The Hall–Kier alpha value is -1.48. The van der Waals surface area contributed by atoms with Gasteiger partial charge in [-0.25, -0.2) is 0 Å². The van der Waals surface area contributed by atoms with Crippen LogP contribution in [0, 0.1) is 7.11 Å². The average molecular weight is 207 g/mol. The molecule has 0 aliphatic carbocycles. The molecule has 0 spiro atoms. The van der Waals surface area contributed by atoms with Crippen LogP contribution in [0.1, 0.15) is 5.56 Å². The molecule has 1 aromatic carbocycles. The Morgan fingerprint density at radius 2 is 2.07 bits per heavy atom. The third kappa shape index (κ3) is 3.29. The summed E-state index contributed by atoms with van der Waals surface area (Å²) in [6.45, 7) is 0.473. The number of methoxy groups -OCH3 is 2. The topological polar surface area (TPSA) is 27.7 Å². The molecule has 0 fully saturated rings. The highest BCUT2D eigenvalue weighted by Crippen LogP contribution is 2.24. The molecular weight excluding hydrogens is 192 g/mol. The van der Waals surface area contributed by atoms with Crippen LogP contribution in [0.25, 0.3) is 6.08 Å². The number of hydrogen-bond donors (Lipinski definition) is 0. The highest BCUT2D eigenvalue weighted by Gasteiger charge is 2.00. The van der Waals surface area contributed by atoms with E-state index in [1.54, 1.807) is 14.2 Å². The van der Waals surface area contributed by atoms with Gasteiger partial charge in [-0.3, -0.25) is 0 Å². The summed E-state index contributed by atoms with van der Waals surface area (Å²) in [4.78, 5) is 0.